The van der Waals surface area contributed by atoms with E-state index in [0.717, 1.165) is 12.8 Å². The van der Waals surface area contributed by atoms with Gasteiger partial charge in [0.1, 0.15) is 18.3 Å². The van der Waals surface area contributed by atoms with Gasteiger partial charge in [0.15, 0.2) is 0 Å². The van der Waals surface area contributed by atoms with E-state index in [1.54, 1.807) is 19.9 Å². The Balaban J connectivity index is 2.25. The molecule has 2 rings (SSSR count). The van der Waals surface area contributed by atoms with Crippen molar-refractivity contribution in [2.75, 3.05) is 6.61 Å². The smallest absolute Gasteiger partial charge is 0.333 e. The van der Waals surface area contributed by atoms with Crippen molar-refractivity contribution in [2.45, 2.75) is 90.6 Å². The lowest BCUT2D eigenvalue weighted by Gasteiger charge is -2.52. The molecule has 1 aliphatic carbocycles. The molecule has 0 aromatic rings. The highest BCUT2D eigenvalue weighted by Crippen LogP contribution is 2.45. The van der Waals surface area contributed by atoms with E-state index in [1.165, 1.54) is 12.5 Å². The maximum Gasteiger partial charge on any atom is 0.333 e. The molecule has 0 spiro atoms. The van der Waals surface area contributed by atoms with Crippen LogP contribution in [0.4, 0.5) is 0 Å². The number of allylic oxidation sites excluding steroid dienone is 2. The number of hydrogen-bond acceptors (Lipinski definition) is 6. The second-order valence-electron chi connectivity index (χ2n) is 8.56. The summed E-state index contributed by atoms with van der Waals surface area (Å²) < 4.78 is 17.5. The molecule has 158 valence electrons. The van der Waals surface area contributed by atoms with Gasteiger partial charge in [-0.1, -0.05) is 17.7 Å². The Labute approximate surface area is 167 Å². The normalized spacial score (nSPS) is 36.5. The third-order valence-corrected chi connectivity index (χ3v) is 6.12. The van der Waals surface area contributed by atoms with E-state index in [1.807, 2.05) is 26.8 Å². The van der Waals surface area contributed by atoms with Crippen molar-refractivity contribution in [1.29, 1.82) is 0 Å². The number of ether oxygens (including phenoxy) is 3. The van der Waals surface area contributed by atoms with Crippen LogP contribution in [0.5, 0.6) is 0 Å². The lowest BCUT2D eigenvalue weighted by molar-refractivity contribution is -0.265. The average molecular weight is 395 g/mol. The molecule has 1 aliphatic heterocycles. The van der Waals surface area contributed by atoms with E-state index in [9.17, 15) is 14.7 Å². The number of carbonyl (C=O) groups is 2. The lowest BCUT2D eigenvalue weighted by atomic mass is 9.71. The van der Waals surface area contributed by atoms with Crippen molar-refractivity contribution in [3.63, 3.8) is 0 Å². The quantitative estimate of drug-likeness (QED) is 0.437. The summed E-state index contributed by atoms with van der Waals surface area (Å²) in [6.45, 7) is 10.6. The molecule has 0 saturated carbocycles. The first-order valence-corrected chi connectivity index (χ1v) is 10.0. The fourth-order valence-electron chi connectivity index (χ4n) is 4.24. The molecule has 2 aliphatic rings. The molecule has 0 amide bonds. The summed E-state index contributed by atoms with van der Waals surface area (Å²) in [7, 11) is 0. The molecule has 1 saturated heterocycles. The van der Waals surface area contributed by atoms with Crippen LogP contribution in [-0.4, -0.2) is 47.1 Å². The van der Waals surface area contributed by atoms with Gasteiger partial charge in [-0.3, -0.25) is 4.79 Å². The van der Waals surface area contributed by atoms with Crippen molar-refractivity contribution in [2.24, 2.45) is 5.92 Å². The molecule has 6 heteroatoms. The molecule has 0 unspecified atom stereocenters. The van der Waals surface area contributed by atoms with Gasteiger partial charge in [0.25, 0.3) is 0 Å². The third kappa shape index (κ3) is 5.03. The van der Waals surface area contributed by atoms with Gasteiger partial charge in [0.2, 0.25) is 0 Å². The Morgan fingerprint density at radius 2 is 2.00 bits per heavy atom. The van der Waals surface area contributed by atoms with Crippen LogP contribution in [0.1, 0.15) is 67.2 Å². The average Bonchev–Trinajstić information content (AvgIpc) is 2.61. The van der Waals surface area contributed by atoms with E-state index in [2.05, 4.69) is 0 Å². The summed E-state index contributed by atoms with van der Waals surface area (Å²) in [6, 6.07) is 0. The first-order valence-electron chi connectivity index (χ1n) is 10.0. The van der Waals surface area contributed by atoms with Crippen LogP contribution in [0, 0.1) is 5.92 Å². The van der Waals surface area contributed by atoms with E-state index in [4.69, 9.17) is 14.2 Å². The highest BCUT2D eigenvalue weighted by molar-refractivity contribution is 5.87. The van der Waals surface area contributed by atoms with Gasteiger partial charge >= 0.3 is 11.9 Å². The number of esters is 2. The second-order valence-corrected chi connectivity index (χ2v) is 8.56. The Kier molecular flexibility index (Phi) is 7.10. The first-order chi connectivity index (χ1) is 13.0. The van der Waals surface area contributed by atoms with Crippen molar-refractivity contribution >= 4 is 11.9 Å². The van der Waals surface area contributed by atoms with Crippen LogP contribution in [0.3, 0.4) is 0 Å². The van der Waals surface area contributed by atoms with Crippen molar-refractivity contribution in [1.82, 2.24) is 0 Å². The Hall–Kier alpha value is -1.66. The molecule has 0 aromatic carbocycles. The molecular formula is C22H34O6. The molecule has 6 nitrogen and oxygen atoms in total. The molecule has 5 atom stereocenters. The molecule has 0 bridgehead atoms. The molecular weight excluding hydrogens is 360 g/mol. The van der Waals surface area contributed by atoms with Crippen LogP contribution in [0.2, 0.25) is 0 Å². The molecule has 0 aromatic heterocycles. The van der Waals surface area contributed by atoms with Gasteiger partial charge in [-0.2, -0.15) is 0 Å². The Morgan fingerprint density at radius 1 is 1.32 bits per heavy atom. The summed E-state index contributed by atoms with van der Waals surface area (Å²) >= 11 is 0. The van der Waals surface area contributed by atoms with Crippen LogP contribution >= 0.6 is 0 Å². The summed E-state index contributed by atoms with van der Waals surface area (Å²) in [5.41, 5.74) is 0.105. The van der Waals surface area contributed by atoms with Crippen molar-refractivity contribution < 1.29 is 28.9 Å². The monoisotopic (exact) mass is 394 g/mol. The predicted octanol–water partition coefficient (Wildman–Crippen LogP) is 3.47. The predicted molar refractivity (Wildman–Crippen MR) is 106 cm³/mol. The number of rotatable bonds is 5. The minimum Gasteiger partial charge on any atom is -0.463 e. The largest absolute Gasteiger partial charge is 0.463 e. The topological polar surface area (TPSA) is 82.1 Å². The first kappa shape index (κ1) is 22.6. The van der Waals surface area contributed by atoms with Crippen molar-refractivity contribution in [3.05, 3.63) is 23.3 Å². The van der Waals surface area contributed by atoms with Crippen LogP contribution in [0.15, 0.2) is 23.3 Å². The summed E-state index contributed by atoms with van der Waals surface area (Å²) in [5, 5.41) is 10.6. The highest BCUT2D eigenvalue weighted by Gasteiger charge is 2.53. The maximum atomic E-state index is 12.3. The van der Waals surface area contributed by atoms with Gasteiger partial charge in [0.05, 0.1) is 11.7 Å². The zero-order valence-electron chi connectivity index (χ0n) is 17.9. The van der Waals surface area contributed by atoms with Gasteiger partial charge < -0.3 is 19.3 Å². The summed E-state index contributed by atoms with van der Waals surface area (Å²) in [6.07, 6.45) is 5.43. The molecule has 1 fully saturated rings. The van der Waals surface area contributed by atoms with E-state index in [-0.39, 0.29) is 12.5 Å². The van der Waals surface area contributed by atoms with Gasteiger partial charge in [-0.05, 0) is 60.3 Å². The minimum absolute atomic E-state index is 0.0115. The number of aliphatic hydroxyl groups is 1. The number of carbonyl (C=O) groups excluding carboxylic acids is 2. The number of aliphatic hydroxyl groups excluding tert-OH is 1. The molecule has 0 radical (unpaired) electrons. The zero-order valence-corrected chi connectivity index (χ0v) is 17.9. The third-order valence-electron chi connectivity index (χ3n) is 6.12. The van der Waals surface area contributed by atoms with E-state index >= 15 is 0 Å². The van der Waals surface area contributed by atoms with E-state index in [0.29, 0.717) is 18.4 Å². The van der Waals surface area contributed by atoms with Crippen LogP contribution in [-0.2, 0) is 23.8 Å². The minimum atomic E-state index is -0.988. The Bertz CT molecular complexity index is 666. The lowest BCUT2D eigenvalue weighted by Crippen LogP contribution is -2.61. The molecule has 28 heavy (non-hydrogen) atoms. The molecule has 1 N–H and O–H groups in total. The fourth-order valence-corrected chi connectivity index (χ4v) is 4.24. The van der Waals surface area contributed by atoms with Gasteiger partial charge in [-0.15, -0.1) is 0 Å². The van der Waals surface area contributed by atoms with Gasteiger partial charge in [0, 0.05) is 18.4 Å². The standard InChI is InChI=1S/C22H34O6/c1-7-15(3)20(25)27-19-10-11-21(5,17-9-8-14(2)12-18(17)24)28-22(19,6)13-26-16(4)23/h7,12,17-19,24H,8-11,13H2,1-6H3/b15-7+/t17-,18-,19-,21-,22-/m0/s1. The zero-order chi connectivity index (χ0) is 21.1. The highest BCUT2D eigenvalue weighted by atomic mass is 16.6. The van der Waals surface area contributed by atoms with Gasteiger partial charge in [-0.25, -0.2) is 4.79 Å². The Morgan fingerprint density at radius 3 is 2.57 bits per heavy atom. The van der Waals surface area contributed by atoms with E-state index < -0.39 is 35.3 Å². The van der Waals surface area contributed by atoms with Crippen LogP contribution in [0.25, 0.3) is 0 Å². The maximum absolute atomic E-state index is 12.3. The fraction of sp³-hybridized carbons (Fsp3) is 0.727. The summed E-state index contributed by atoms with van der Waals surface area (Å²) in [4.78, 5) is 23.7. The summed E-state index contributed by atoms with van der Waals surface area (Å²) in [5.74, 6) is -0.880. The SMILES string of the molecule is C/C=C(\C)C(=O)O[C@H]1CC[C@@](C)([C@H]2CCC(C)=C[C@@H]2O)O[C@@]1(C)COC(C)=O. The number of hydrogen-bond donors (Lipinski definition) is 1. The van der Waals surface area contributed by atoms with Crippen LogP contribution < -0.4 is 0 Å². The second kappa shape index (κ2) is 8.78. The van der Waals surface area contributed by atoms with Crippen molar-refractivity contribution in [3.8, 4) is 0 Å². The molecule has 1 heterocycles.